The van der Waals surface area contributed by atoms with Crippen molar-refractivity contribution in [3.8, 4) is 11.5 Å². The van der Waals surface area contributed by atoms with Crippen molar-refractivity contribution in [3.63, 3.8) is 0 Å². The fourth-order valence-electron chi connectivity index (χ4n) is 1.88. The van der Waals surface area contributed by atoms with E-state index < -0.39 is 0 Å². The molecule has 102 valence electrons. The zero-order valence-corrected chi connectivity index (χ0v) is 13.9. The van der Waals surface area contributed by atoms with Crippen LogP contribution in [0.2, 0.25) is 0 Å². The first-order valence-corrected chi connectivity index (χ1v) is 7.13. The van der Waals surface area contributed by atoms with Gasteiger partial charge < -0.3 is 15.6 Å². The molecule has 0 aliphatic heterocycles. The Morgan fingerprint density at radius 2 is 2.06 bits per heavy atom. The second-order valence-corrected chi connectivity index (χ2v) is 6.02. The number of methoxy groups -OCH3 is 1. The average Bonchev–Trinajstić information content (AvgIpc) is 3.10. The number of hydrogen-bond acceptors (Lipinski definition) is 3. The summed E-state index contributed by atoms with van der Waals surface area (Å²) < 4.78 is 6.54. The van der Waals surface area contributed by atoms with Gasteiger partial charge in [0, 0.05) is 10.5 Å². The Hall–Kier alpha value is 0.0300. The highest BCUT2D eigenvalue weighted by atomic mass is 79.9. The van der Waals surface area contributed by atoms with Gasteiger partial charge in [0.15, 0.2) is 11.5 Å². The molecule has 3 nitrogen and oxygen atoms in total. The van der Waals surface area contributed by atoms with Crippen LogP contribution < -0.4 is 10.5 Å². The molecule has 0 radical (unpaired) electrons. The molecule has 1 aliphatic rings. The zero-order valence-electron chi connectivity index (χ0n) is 9.95. The zero-order chi connectivity index (χ0) is 12.6. The Morgan fingerprint density at radius 3 is 2.56 bits per heavy atom. The van der Waals surface area contributed by atoms with Crippen molar-refractivity contribution in [1.82, 2.24) is 0 Å². The van der Waals surface area contributed by atoms with Gasteiger partial charge in [0.05, 0.1) is 11.6 Å². The molecule has 1 atom stereocenters. The van der Waals surface area contributed by atoms with E-state index in [1.165, 1.54) is 20.0 Å². The summed E-state index contributed by atoms with van der Waals surface area (Å²) in [4.78, 5) is 0. The van der Waals surface area contributed by atoms with Crippen molar-refractivity contribution in [3.05, 3.63) is 20.6 Å². The number of hydrogen-bond donors (Lipinski definition) is 2. The van der Waals surface area contributed by atoms with E-state index in [1.54, 1.807) is 6.07 Å². The van der Waals surface area contributed by atoms with Crippen LogP contribution in [0.4, 0.5) is 0 Å². The van der Waals surface area contributed by atoms with E-state index in [1.807, 2.05) is 0 Å². The number of nitrogens with two attached hydrogens (primary N) is 1. The van der Waals surface area contributed by atoms with Gasteiger partial charge in [-0.05, 0) is 55.8 Å². The molecule has 6 heteroatoms. The maximum absolute atomic E-state index is 9.84. The molecule has 1 saturated carbocycles. The standard InChI is InChI=1S/C12H15Br2NO2.ClH/c1-17-9-5-7(8(15)4-6-2-3-6)10(13)11(14)12(9)16;/h5-6,8,16H,2-4,15H2,1H3;1H/t8-;/m1./s1. The SMILES string of the molecule is COc1cc([C@H](N)CC2CC2)c(Br)c(Br)c1O.Cl. The van der Waals surface area contributed by atoms with Gasteiger partial charge in [0.25, 0.3) is 0 Å². The second kappa shape index (κ2) is 6.46. The fraction of sp³-hybridized carbons (Fsp3) is 0.500. The van der Waals surface area contributed by atoms with Gasteiger partial charge >= 0.3 is 0 Å². The molecule has 1 fully saturated rings. The van der Waals surface area contributed by atoms with E-state index in [2.05, 4.69) is 31.9 Å². The molecule has 0 aromatic heterocycles. The van der Waals surface area contributed by atoms with Gasteiger partial charge in [-0.2, -0.15) is 0 Å². The molecule has 0 unspecified atom stereocenters. The smallest absolute Gasteiger partial charge is 0.173 e. The third-order valence-electron chi connectivity index (χ3n) is 3.08. The third kappa shape index (κ3) is 3.32. The van der Waals surface area contributed by atoms with Crippen LogP contribution in [0.25, 0.3) is 0 Å². The number of rotatable bonds is 4. The second-order valence-electron chi connectivity index (χ2n) is 4.43. The molecular formula is C12H16Br2ClNO2. The molecule has 1 aliphatic carbocycles. The van der Waals surface area contributed by atoms with Crippen molar-refractivity contribution >= 4 is 44.3 Å². The minimum atomic E-state index is -0.0253. The minimum absolute atomic E-state index is 0. The first-order valence-electron chi connectivity index (χ1n) is 5.55. The molecule has 2 rings (SSSR count). The topological polar surface area (TPSA) is 55.5 Å². The predicted octanol–water partition coefficient (Wildman–Crippen LogP) is 4.15. The monoisotopic (exact) mass is 399 g/mol. The average molecular weight is 402 g/mol. The molecule has 0 bridgehead atoms. The maximum Gasteiger partial charge on any atom is 0.173 e. The Morgan fingerprint density at radius 1 is 1.44 bits per heavy atom. The lowest BCUT2D eigenvalue weighted by atomic mass is 10.0. The first-order chi connectivity index (χ1) is 8.04. The summed E-state index contributed by atoms with van der Waals surface area (Å²) in [6.07, 6.45) is 3.54. The molecule has 0 spiro atoms. The molecule has 0 amide bonds. The lowest BCUT2D eigenvalue weighted by molar-refractivity contribution is 0.370. The van der Waals surface area contributed by atoms with E-state index in [-0.39, 0.29) is 24.2 Å². The Kier molecular flexibility index (Phi) is 5.77. The van der Waals surface area contributed by atoms with Crippen molar-refractivity contribution < 1.29 is 9.84 Å². The van der Waals surface area contributed by atoms with Crippen LogP contribution in [0.5, 0.6) is 11.5 Å². The fourth-order valence-corrected chi connectivity index (χ4v) is 2.90. The summed E-state index contributed by atoms with van der Waals surface area (Å²) in [6, 6.07) is 1.78. The van der Waals surface area contributed by atoms with Crippen LogP contribution in [-0.2, 0) is 0 Å². The Labute approximate surface area is 130 Å². The first kappa shape index (κ1) is 16.1. The number of phenols is 1. The van der Waals surface area contributed by atoms with Crippen molar-refractivity contribution in [2.75, 3.05) is 7.11 Å². The van der Waals surface area contributed by atoms with Crippen molar-refractivity contribution in [1.29, 1.82) is 0 Å². The largest absolute Gasteiger partial charge is 0.503 e. The van der Waals surface area contributed by atoms with Gasteiger partial charge in [0.1, 0.15) is 0 Å². The lowest BCUT2D eigenvalue weighted by Gasteiger charge is -2.17. The summed E-state index contributed by atoms with van der Waals surface area (Å²) in [5.41, 5.74) is 7.16. The van der Waals surface area contributed by atoms with Crippen LogP contribution >= 0.6 is 44.3 Å². The molecule has 1 aromatic carbocycles. The number of ether oxygens (including phenoxy) is 1. The van der Waals surface area contributed by atoms with Crippen LogP contribution in [0.1, 0.15) is 30.9 Å². The van der Waals surface area contributed by atoms with Gasteiger partial charge in [-0.3, -0.25) is 0 Å². The van der Waals surface area contributed by atoms with Crippen LogP contribution in [0.15, 0.2) is 15.0 Å². The number of halogens is 3. The number of phenolic OH excluding ortho intramolecular Hbond substituents is 1. The van der Waals surface area contributed by atoms with E-state index in [0.717, 1.165) is 22.4 Å². The quantitative estimate of drug-likeness (QED) is 0.797. The van der Waals surface area contributed by atoms with Gasteiger partial charge in [-0.1, -0.05) is 12.8 Å². The molecular weight excluding hydrogens is 385 g/mol. The summed E-state index contributed by atoms with van der Waals surface area (Å²) in [6.45, 7) is 0. The molecule has 0 heterocycles. The minimum Gasteiger partial charge on any atom is -0.503 e. The lowest BCUT2D eigenvalue weighted by Crippen LogP contribution is -2.12. The third-order valence-corrected chi connectivity index (χ3v) is 5.24. The van der Waals surface area contributed by atoms with Crippen molar-refractivity contribution in [2.24, 2.45) is 11.7 Å². The van der Waals surface area contributed by atoms with Crippen molar-refractivity contribution in [2.45, 2.75) is 25.3 Å². The van der Waals surface area contributed by atoms with E-state index in [4.69, 9.17) is 10.5 Å². The van der Waals surface area contributed by atoms with Crippen LogP contribution in [-0.4, -0.2) is 12.2 Å². The normalized spacial score (nSPS) is 16.0. The molecule has 0 saturated heterocycles. The summed E-state index contributed by atoms with van der Waals surface area (Å²) in [5, 5.41) is 9.84. The van der Waals surface area contributed by atoms with Crippen LogP contribution in [0.3, 0.4) is 0 Å². The summed E-state index contributed by atoms with van der Waals surface area (Å²) in [5.74, 6) is 1.30. The Bertz CT molecular complexity index is 439. The highest BCUT2D eigenvalue weighted by molar-refractivity contribution is 9.13. The number of aromatic hydroxyl groups is 1. The highest BCUT2D eigenvalue weighted by Crippen LogP contribution is 2.45. The maximum atomic E-state index is 9.84. The van der Waals surface area contributed by atoms with Gasteiger partial charge in [0.2, 0.25) is 0 Å². The van der Waals surface area contributed by atoms with E-state index in [0.29, 0.717) is 10.2 Å². The molecule has 3 N–H and O–H groups in total. The van der Waals surface area contributed by atoms with Gasteiger partial charge in [-0.25, -0.2) is 0 Å². The summed E-state index contributed by atoms with van der Waals surface area (Å²) in [7, 11) is 1.53. The van der Waals surface area contributed by atoms with E-state index >= 15 is 0 Å². The van der Waals surface area contributed by atoms with Gasteiger partial charge in [-0.15, -0.1) is 12.4 Å². The number of benzene rings is 1. The molecule has 18 heavy (non-hydrogen) atoms. The van der Waals surface area contributed by atoms with E-state index in [9.17, 15) is 5.11 Å². The van der Waals surface area contributed by atoms with Crippen LogP contribution in [0, 0.1) is 5.92 Å². The highest BCUT2D eigenvalue weighted by Gasteiger charge is 2.27. The summed E-state index contributed by atoms with van der Waals surface area (Å²) >= 11 is 6.80. The Balaban J connectivity index is 0.00000162. The molecule has 1 aromatic rings. The predicted molar refractivity (Wildman–Crippen MR) is 81.6 cm³/mol.